The number of aromatic nitrogens is 2. The molecule has 2 N–H and O–H groups in total. The molecular formula is C56H54Cl2I2N5Na. The van der Waals surface area contributed by atoms with E-state index in [4.69, 9.17) is 11.6 Å². The molecule has 5 nitrogen and oxygen atoms in total. The normalized spacial score (nSPS) is 9.86. The van der Waals surface area contributed by atoms with Crippen molar-refractivity contribution in [2.75, 3.05) is 24.7 Å². The molecule has 0 aliphatic carbocycles. The average Bonchev–Trinajstić information content (AvgIpc) is 3.68. The summed E-state index contributed by atoms with van der Waals surface area (Å²) in [5, 5.41) is 7.17. The number of halogens is 4. The third kappa shape index (κ3) is 14.3. The summed E-state index contributed by atoms with van der Waals surface area (Å²) < 4.78 is 6.34. The number of nitrogens with one attached hydrogen (secondary N) is 2. The number of rotatable bonds is 8. The Bertz CT molecular complexity index is 2950. The zero-order valence-corrected chi connectivity index (χ0v) is 46.3. The van der Waals surface area contributed by atoms with Crippen LogP contribution < -0.4 is 105 Å². The summed E-state index contributed by atoms with van der Waals surface area (Å²) in [7, 11) is 3.74. The van der Waals surface area contributed by atoms with Crippen LogP contribution in [0.2, 0.25) is 0 Å². The van der Waals surface area contributed by atoms with Crippen LogP contribution in [-0.4, -0.2) is 28.9 Å². The number of hydrogen-bond donors (Lipinski definition) is 2. The molecule has 0 saturated heterocycles. The number of para-hydroxylation sites is 4. The molecule has 0 radical (unpaired) electrons. The Morgan fingerprint density at radius 2 is 0.985 bits per heavy atom. The summed E-state index contributed by atoms with van der Waals surface area (Å²) >= 11 is 5.14. The Kier molecular flexibility index (Phi) is 23.2. The van der Waals surface area contributed by atoms with E-state index in [-0.39, 0.29) is 89.9 Å². The fourth-order valence-electron chi connectivity index (χ4n) is 7.40. The molecule has 9 rings (SSSR count). The van der Waals surface area contributed by atoms with Gasteiger partial charge in [0.2, 0.25) is 5.67 Å². The van der Waals surface area contributed by atoms with Crippen molar-refractivity contribution in [3.8, 4) is 33.6 Å². The minimum Gasteiger partial charge on any atom is -1.00 e. The van der Waals surface area contributed by atoms with Gasteiger partial charge in [-0.2, -0.15) is 9.13 Å². The van der Waals surface area contributed by atoms with E-state index in [9.17, 15) is 0 Å². The van der Waals surface area contributed by atoms with Crippen molar-refractivity contribution in [3.63, 3.8) is 0 Å². The molecule has 66 heavy (non-hydrogen) atoms. The quantitative estimate of drug-likeness (QED) is 0.106. The van der Waals surface area contributed by atoms with Gasteiger partial charge in [0.1, 0.15) is 25.5 Å². The molecule has 8 aromatic carbocycles. The third-order valence-corrected chi connectivity index (χ3v) is 11.1. The van der Waals surface area contributed by atoms with E-state index in [0.717, 1.165) is 28.4 Å². The van der Waals surface area contributed by atoms with Gasteiger partial charge in [-0.15, -0.1) is 0 Å². The Labute approximate surface area is 458 Å². The summed E-state index contributed by atoms with van der Waals surface area (Å²) in [5.41, 5.74) is 20.5. The Hall–Kier alpha value is -4.46. The van der Waals surface area contributed by atoms with Gasteiger partial charge in [0, 0.05) is 11.4 Å². The SMILES string of the molecule is C[N+](C)=CCl.Cc1ccccc1-c1ccc2c(c1)n(-c1ccccc1)c[n+]2-c1ccccc1C.Cc1ccccc1Nc1ccc(-c2ccccc2C)cc1Nc1ccccc1.[Cl-].[I-].[I-].[Na+]. The molecule has 0 bridgehead atoms. The van der Waals surface area contributed by atoms with Crippen LogP contribution in [0.5, 0.6) is 0 Å². The average molecular weight is 1140 g/mol. The summed E-state index contributed by atoms with van der Waals surface area (Å²) in [5.74, 6) is 0. The van der Waals surface area contributed by atoms with Crippen molar-refractivity contribution in [2.45, 2.75) is 27.7 Å². The first-order valence-corrected chi connectivity index (χ1v) is 21.3. The second-order valence-electron chi connectivity index (χ2n) is 15.6. The van der Waals surface area contributed by atoms with Gasteiger partial charge in [-0.25, -0.2) is 4.58 Å². The van der Waals surface area contributed by atoms with Gasteiger partial charge in [0.25, 0.3) is 6.33 Å². The van der Waals surface area contributed by atoms with Gasteiger partial charge in [-0.05, 0) is 151 Å². The second-order valence-corrected chi connectivity index (χ2v) is 15.8. The molecule has 0 aliphatic rings. The maximum absolute atomic E-state index is 5.14. The van der Waals surface area contributed by atoms with Crippen LogP contribution in [0.15, 0.2) is 200 Å². The number of hydrogen-bond acceptors (Lipinski definition) is 2. The Balaban J connectivity index is 0.000000301. The van der Waals surface area contributed by atoms with E-state index in [1.54, 1.807) is 4.58 Å². The van der Waals surface area contributed by atoms with Crippen LogP contribution in [-0.2, 0) is 0 Å². The van der Waals surface area contributed by atoms with Crippen LogP contribution in [0, 0.1) is 27.7 Å². The molecule has 9 aromatic rings. The molecule has 0 unspecified atom stereocenters. The number of aryl methyl sites for hydroxylation is 4. The van der Waals surface area contributed by atoms with E-state index in [0.29, 0.717) is 0 Å². The predicted molar refractivity (Wildman–Crippen MR) is 265 cm³/mol. The topological polar surface area (TPSA) is 35.9 Å². The van der Waals surface area contributed by atoms with Crippen molar-refractivity contribution >= 4 is 51.1 Å². The molecule has 1 heterocycles. The van der Waals surface area contributed by atoms with Gasteiger partial charge in [0.05, 0.1) is 11.4 Å². The summed E-state index contributed by atoms with van der Waals surface area (Å²) in [6.07, 6.45) is 2.20. The van der Waals surface area contributed by atoms with Gasteiger partial charge in [-0.1, -0.05) is 127 Å². The van der Waals surface area contributed by atoms with Crippen LogP contribution in [0.25, 0.3) is 44.7 Å². The van der Waals surface area contributed by atoms with Crippen molar-refractivity contribution in [1.82, 2.24) is 4.57 Å². The molecule has 0 saturated carbocycles. The summed E-state index contributed by atoms with van der Waals surface area (Å²) in [4.78, 5) is 0. The maximum Gasteiger partial charge on any atom is 1.00 e. The van der Waals surface area contributed by atoms with Gasteiger partial charge in [-0.3, -0.25) is 0 Å². The molecule has 1 aromatic heterocycles. The molecule has 0 spiro atoms. The number of anilines is 4. The zero-order valence-electron chi connectivity index (χ0n) is 38.5. The second kappa shape index (κ2) is 27.4. The number of fused-ring (bicyclic) bond motifs is 1. The van der Waals surface area contributed by atoms with Crippen LogP contribution in [0.4, 0.5) is 22.7 Å². The molecule has 0 atom stereocenters. The first kappa shape index (κ1) is 55.9. The van der Waals surface area contributed by atoms with Crippen molar-refractivity contribution in [1.29, 1.82) is 0 Å². The smallest absolute Gasteiger partial charge is 1.00 e. The van der Waals surface area contributed by atoms with E-state index in [2.05, 4.69) is 230 Å². The largest absolute Gasteiger partial charge is 1.00 e. The van der Waals surface area contributed by atoms with Crippen molar-refractivity contribution in [2.24, 2.45) is 0 Å². The predicted octanol–water partition coefficient (Wildman–Crippen LogP) is 2.19. The van der Waals surface area contributed by atoms with E-state index in [1.807, 2.05) is 32.3 Å². The van der Waals surface area contributed by atoms with Crippen LogP contribution >= 0.6 is 11.6 Å². The van der Waals surface area contributed by atoms with Crippen molar-refractivity contribution < 1.29 is 99.1 Å². The fourth-order valence-corrected chi connectivity index (χ4v) is 7.40. The van der Waals surface area contributed by atoms with Gasteiger partial charge < -0.3 is 71.0 Å². The summed E-state index contributed by atoms with van der Waals surface area (Å²) in [6, 6.07) is 68.1. The van der Waals surface area contributed by atoms with Crippen molar-refractivity contribution in [3.05, 3.63) is 223 Å². The summed E-state index contributed by atoms with van der Waals surface area (Å²) in [6.45, 7) is 8.60. The Morgan fingerprint density at radius 1 is 0.500 bits per heavy atom. The van der Waals surface area contributed by atoms with E-state index >= 15 is 0 Å². The minimum absolute atomic E-state index is 0. The van der Waals surface area contributed by atoms with Crippen LogP contribution in [0.3, 0.4) is 0 Å². The standard InChI is InChI=1S/C27H23N2.C26H24N2.C3H7ClN.ClH.2HI.Na/c1-20-10-6-8-14-24(20)22-16-17-26-27(18-22)28(23-12-4-3-5-13-23)19-29(26)25-15-9-7-11-21(25)2;1-19-10-6-8-14-23(19)21-16-17-25(28-24-15-9-7-11-20(24)2)26(18-21)27-22-12-4-3-5-13-22;1-5(2)3-4;;;;/h3-19H,1-2H3;3-18,27-28H,1-2H3;3H,1-2H3;3*1H;/q+1;;+1;;;;+1/p-3. The molecular weight excluding hydrogens is 1090 g/mol. The third-order valence-electron chi connectivity index (χ3n) is 10.7. The Morgan fingerprint density at radius 3 is 1.55 bits per heavy atom. The van der Waals surface area contributed by atoms with Gasteiger partial charge >= 0.3 is 29.6 Å². The molecule has 0 fully saturated rings. The number of benzene rings is 8. The number of imidazole rings is 1. The fraction of sp³-hybridized carbons (Fsp3) is 0.107. The molecule has 332 valence electrons. The van der Waals surface area contributed by atoms with Gasteiger partial charge in [0.15, 0.2) is 11.0 Å². The van der Waals surface area contributed by atoms with E-state index in [1.165, 1.54) is 66.9 Å². The molecule has 0 aliphatic heterocycles. The minimum atomic E-state index is 0. The first-order valence-electron chi connectivity index (χ1n) is 20.9. The maximum atomic E-state index is 5.14. The first-order chi connectivity index (χ1) is 30.2. The molecule has 10 heteroatoms. The number of nitrogens with zero attached hydrogens (tertiary/aromatic N) is 3. The zero-order chi connectivity index (χ0) is 43.4. The molecule has 0 amide bonds. The monoisotopic (exact) mass is 1140 g/mol. The van der Waals surface area contributed by atoms with E-state index < -0.39 is 0 Å². The van der Waals surface area contributed by atoms with Crippen LogP contribution in [0.1, 0.15) is 22.3 Å².